The molecule has 2 saturated heterocycles. The summed E-state index contributed by atoms with van der Waals surface area (Å²) in [6, 6.07) is -0.736. The minimum Gasteiger partial charge on any atom is -0.306 e. The zero-order valence-electron chi connectivity index (χ0n) is 11.4. The number of likely N-dealkylation sites (tertiary alicyclic amines) is 2. The van der Waals surface area contributed by atoms with Gasteiger partial charge in [-0.25, -0.2) is 14.3 Å². The molecule has 0 aromatic rings. The Labute approximate surface area is 111 Å². The van der Waals surface area contributed by atoms with Crippen LogP contribution in [-0.2, 0) is 9.63 Å². The van der Waals surface area contributed by atoms with Crippen LogP contribution in [0.25, 0.3) is 0 Å². The maximum Gasteiger partial charge on any atom is 0.262 e. The van der Waals surface area contributed by atoms with E-state index in [9.17, 15) is 13.6 Å². The Bertz CT molecular complexity index is 333. The lowest BCUT2D eigenvalue weighted by Gasteiger charge is -2.37. The van der Waals surface area contributed by atoms with Crippen molar-refractivity contribution in [3.63, 3.8) is 0 Å². The summed E-state index contributed by atoms with van der Waals surface area (Å²) in [4.78, 5) is 20.2. The number of hydrogen-bond donors (Lipinski definition) is 1. The average molecular weight is 277 g/mol. The third-order valence-electron chi connectivity index (χ3n) is 3.97. The summed E-state index contributed by atoms with van der Waals surface area (Å²) in [7, 11) is 3.33. The number of hydroxylamine groups is 1. The SMILES string of the molecule is CONC(=O)C1CC(F)(F)CN1C1CCN(C)CC1. The van der Waals surface area contributed by atoms with Gasteiger partial charge in [0.15, 0.2) is 0 Å². The minimum absolute atomic E-state index is 0.0529. The van der Waals surface area contributed by atoms with Crippen molar-refractivity contribution in [2.75, 3.05) is 33.8 Å². The second-order valence-electron chi connectivity index (χ2n) is 5.45. The van der Waals surface area contributed by atoms with Gasteiger partial charge in [0.25, 0.3) is 11.8 Å². The van der Waals surface area contributed by atoms with Crippen LogP contribution < -0.4 is 5.48 Å². The van der Waals surface area contributed by atoms with Crippen molar-refractivity contribution < 1.29 is 18.4 Å². The molecule has 1 amide bonds. The van der Waals surface area contributed by atoms with Gasteiger partial charge in [0.05, 0.1) is 19.7 Å². The fourth-order valence-corrected chi connectivity index (χ4v) is 2.96. The smallest absolute Gasteiger partial charge is 0.262 e. The van der Waals surface area contributed by atoms with E-state index in [1.165, 1.54) is 7.11 Å². The number of hydrogen-bond acceptors (Lipinski definition) is 4. The van der Waals surface area contributed by atoms with Crippen molar-refractivity contribution in [2.45, 2.75) is 37.3 Å². The van der Waals surface area contributed by atoms with Gasteiger partial charge in [-0.1, -0.05) is 0 Å². The summed E-state index contributed by atoms with van der Waals surface area (Å²) < 4.78 is 27.2. The zero-order chi connectivity index (χ0) is 14.0. The van der Waals surface area contributed by atoms with Gasteiger partial charge in [-0.15, -0.1) is 0 Å². The van der Waals surface area contributed by atoms with Gasteiger partial charge in [-0.3, -0.25) is 14.5 Å². The minimum atomic E-state index is -2.79. The first kappa shape index (κ1) is 14.6. The standard InChI is InChI=1S/C12H21F2N3O2/c1-16-5-3-9(4-6-16)17-8-12(13,14)7-10(17)11(18)15-19-2/h9-10H,3-8H2,1-2H3,(H,15,18). The fraction of sp³-hybridized carbons (Fsp3) is 0.917. The number of rotatable bonds is 3. The first-order valence-corrected chi connectivity index (χ1v) is 6.58. The summed E-state index contributed by atoms with van der Waals surface area (Å²) in [6.45, 7) is 1.43. The molecular weight excluding hydrogens is 256 g/mol. The van der Waals surface area contributed by atoms with Crippen molar-refractivity contribution in [1.82, 2.24) is 15.3 Å². The molecule has 2 aliphatic rings. The number of piperidine rings is 1. The van der Waals surface area contributed by atoms with Crippen LogP contribution in [0.2, 0.25) is 0 Å². The largest absolute Gasteiger partial charge is 0.306 e. The molecule has 2 heterocycles. The summed E-state index contributed by atoms with van der Waals surface area (Å²) in [6.07, 6.45) is 1.22. The predicted octanol–water partition coefficient (Wildman–Crippen LogP) is 0.468. The molecule has 5 nitrogen and oxygen atoms in total. The predicted molar refractivity (Wildman–Crippen MR) is 65.7 cm³/mol. The molecule has 1 N–H and O–H groups in total. The topological polar surface area (TPSA) is 44.8 Å². The van der Waals surface area contributed by atoms with E-state index >= 15 is 0 Å². The molecule has 0 aromatic heterocycles. The van der Waals surface area contributed by atoms with Crippen LogP contribution in [0.5, 0.6) is 0 Å². The zero-order valence-corrected chi connectivity index (χ0v) is 11.4. The lowest BCUT2D eigenvalue weighted by atomic mass is 10.0. The Hall–Kier alpha value is -0.790. The Morgan fingerprint density at radius 2 is 2.00 bits per heavy atom. The summed E-state index contributed by atoms with van der Waals surface area (Å²) in [5.41, 5.74) is 2.18. The molecule has 1 unspecified atom stereocenters. The molecule has 0 bridgehead atoms. The van der Waals surface area contributed by atoms with Crippen molar-refractivity contribution in [1.29, 1.82) is 0 Å². The van der Waals surface area contributed by atoms with Crippen LogP contribution in [0.15, 0.2) is 0 Å². The average Bonchev–Trinajstić information content (AvgIpc) is 2.67. The van der Waals surface area contributed by atoms with Gasteiger partial charge >= 0.3 is 0 Å². The lowest BCUT2D eigenvalue weighted by molar-refractivity contribution is -0.137. The summed E-state index contributed by atoms with van der Waals surface area (Å²) in [5, 5.41) is 0. The first-order chi connectivity index (χ1) is 8.93. The van der Waals surface area contributed by atoms with Gasteiger partial charge in [-0.2, -0.15) is 0 Å². The molecule has 0 spiro atoms. The van der Waals surface area contributed by atoms with Gasteiger partial charge in [0, 0.05) is 12.5 Å². The highest BCUT2D eigenvalue weighted by atomic mass is 19.3. The number of carbonyl (C=O) groups is 1. The van der Waals surface area contributed by atoms with E-state index in [1.54, 1.807) is 4.90 Å². The van der Waals surface area contributed by atoms with Crippen LogP contribution in [-0.4, -0.2) is 67.5 Å². The van der Waals surface area contributed by atoms with Crippen molar-refractivity contribution in [2.24, 2.45) is 0 Å². The molecule has 0 radical (unpaired) electrons. The molecule has 0 aliphatic carbocycles. The van der Waals surface area contributed by atoms with Crippen molar-refractivity contribution in [3.05, 3.63) is 0 Å². The normalized spacial score (nSPS) is 29.6. The number of halogens is 2. The van der Waals surface area contributed by atoms with E-state index in [0.717, 1.165) is 25.9 Å². The van der Waals surface area contributed by atoms with Gasteiger partial charge < -0.3 is 4.90 Å². The molecule has 1 atom stereocenters. The van der Waals surface area contributed by atoms with E-state index in [2.05, 4.69) is 15.2 Å². The molecule has 110 valence electrons. The van der Waals surface area contributed by atoms with Crippen LogP contribution in [0.3, 0.4) is 0 Å². The van der Waals surface area contributed by atoms with Crippen molar-refractivity contribution >= 4 is 5.91 Å². The summed E-state index contributed by atoms with van der Waals surface area (Å²) >= 11 is 0. The third kappa shape index (κ3) is 3.40. The van der Waals surface area contributed by atoms with Crippen LogP contribution >= 0.6 is 0 Å². The number of nitrogens with one attached hydrogen (secondary N) is 1. The second kappa shape index (κ2) is 5.68. The van der Waals surface area contributed by atoms with Gasteiger partial charge in [0.1, 0.15) is 0 Å². The monoisotopic (exact) mass is 277 g/mol. The van der Waals surface area contributed by atoms with Gasteiger partial charge in [-0.05, 0) is 33.0 Å². The highest BCUT2D eigenvalue weighted by Crippen LogP contribution is 2.35. The van der Waals surface area contributed by atoms with Gasteiger partial charge in [0.2, 0.25) is 0 Å². The maximum atomic E-state index is 13.6. The number of carbonyl (C=O) groups excluding carboxylic acids is 1. The quantitative estimate of drug-likeness (QED) is 0.762. The molecule has 2 rings (SSSR count). The third-order valence-corrected chi connectivity index (χ3v) is 3.97. The second-order valence-corrected chi connectivity index (χ2v) is 5.45. The molecule has 0 saturated carbocycles. The Morgan fingerprint density at radius 1 is 1.37 bits per heavy atom. The molecule has 0 aromatic carbocycles. The van der Waals surface area contributed by atoms with E-state index in [4.69, 9.17) is 0 Å². The molecule has 2 aliphatic heterocycles. The Kier molecular flexibility index (Phi) is 4.37. The molecule has 19 heavy (non-hydrogen) atoms. The summed E-state index contributed by atoms with van der Waals surface area (Å²) in [5.74, 6) is -3.27. The van der Waals surface area contributed by atoms with Crippen LogP contribution in [0.1, 0.15) is 19.3 Å². The van der Waals surface area contributed by atoms with E-state index in [-0.39, 0.29) is 12.6 Å². The number of amides is 1. The molecular formula is C12H21F2N3O2. The molecule has 2 fully saturated rings. The van der Waals surface area contributed by atoms with E-state index in [0.29, 0.717) is 0 Å². The van der Waals surface area contributed by atoms with E-state index in [1.807, 2.05) is 7.05 Å². The lowest BCUT2D eigenvalue weighted by Crippen LogP contribution is -2.50. The fourth-order valence-electron chi connectivity index (χ4n) is 2.96. The number of alkyl halides is 2. The number of nitrogens with zero attached hydrogens (tertiary/aromatic N) is 2. The van der Waals surface area contributed by atoms with Crippen molar-refractivity contribution in [3.8, 4) is 0 Å². The Balaban J connectivity index is 2.05. The highest BCUT2D eigenvalue weighted by molar-refractivity contribution is 5.81. The van der Waals surface area contributed by atoms with Crippen LogP contribution in [0, 0.1) is 0 Å². The first-order valence-electron chi connectivity index (χ1n) is 6.58. The maximum absolute atomic E-state index is 13.6. The van der Waals surface area contributed by atoms with E-state index < -0.39 is 24.3 Å². The molecule has 7 heteroatoms. The Morgan fingerprint density at radius 3 is 2.58 bits per heavy atom. The van der Waals surface area contributed by atoms with Crippen LogP contribution in [0.4, 0.5) is 8.78 Å². The highest BCUT2D eigenvalue weighted by Gasteiger charge is 2.50.